The molecule has 0 aliphatic rings. The molecular formula is C17H13ClF3N3O2. The molecule has 0 atom stereocenters. The van der Waals surface area contributed by atoms with Crippen LogP contribution in [0.15, 0.2) is 49.2 Å². The van der Waals surface area contributed by atoms with E-state index in [0.717, 1.165) is 12.1 Å². The van der Waals surface area contributed by atoms with Gasteiger partial charge in [-0.05, 0) is 30.3 Å². The van der Waals surface area contributed by atoms with Crippen molar-refractivity contribution < 1.29 is 22.8 Å². The number of nitrogens with one attached hydrogen (secondary N) is 2. The number of pyridine rings is 1. The molecule has 0 spiro atoms. The van der Waals surface area contributed by atoms with Crippen LogP contribution in [0.25, 0.3) is 0 Å². The van der Waals surface area contributed by atoms with Gasteiger partial charge in [0.1, 0.15) is 5.69 Å². The fraction of sp³-hybridized carbons (Fsp3) is 0.118. The highest BCUT2D eigenvalue weighted by Gasteiger charge is 2.33. The third-order valence-corrected chi connectivity index (χ3v) is 3.52. The van der Waals surface area contributed by atoms with Crippen LogP contribution in [0.2, 0.25) is 5.02 Å². The van der Waals surface area contributed by atoms with E-state index in [1.807, 2.05) is 0 Å². The van der Waals surface area contributed by atoms with E-state index in [1.54, 1.807) is 0 Å². The quantitative estimate of drug-likeness (QED) is 0.769. The van der Waals surface area contributed by atoms with E-state index >= 15 is 0 Å². The Morgan fingerprint density at radius 2 is 1.92 bits per heavy atom. The molecule has 2 N–H and O–H groups in total. The number of carbonyl (C=O) groups excluding carboxylic acids is 2. The van der Waals surface area contributed by atoms with Crippen molar-refractivity contribution >= 4 is 29.1 Å². The van der Waals surface area contributed by atoms with Gasteiger partial charge in [0, 0.05) is 24.0 Å². The Bertz CT molecular complexity index is 853. The molecule has 5 nitrogen and oxygen atoms in total. The Kier molecular flexibility index (Phi) is 5.99. The second-order valence-electron chi connectivity index (χ2n) is 5.07. The van der Waals surface area contributed by atoms with Gasteiger partial charge < -0.3 is 10.6 Å². The van der Waals surface area contributed by atoms with Gasteiger partial charge in [0.15, 0.2) is 0 Å². The normalized spacial score (nSPS) is 10.9. The maximum Gasteiger partial charge on any atom is 0.417 e. The molecule has 0 bridgehead atoms. The summed E-state index contributed by atoms with van der Waals surface area (Å²) < 4.78 is 38.6. The Morgan fingerprint density at radius 1 is 1.19 bits per heavy atom. The summed E-state index contributed by atoms with van der Waals surface area (Å²) in [6.07, 6.45) is -1.92. The van der Waals surface area contributed by atoms with Crippen molar-refractivity contribution in [1.82, 2.24) is 10.3 Å². The number of amides is 2. The highest BCUT2D eigenvalue weighted by molar-refractivity contribution is 6.31. The van der Waals surface area contributed by atoms with Gasteiger partial charge in [-0.2, -0.15) is 13.2 Å². The summed E-state index contributed by atoms with van der Waals surface area (Å²) in [6.45, 7) is 3.68. The predicted molar refractivity (Wildman–Crippen MR) is 91.2 cm³/mol. The maximum atomic E-state index is 12.9. The molecule has 0 fully saturated rings. The van der Waals surface area contributed by atoms with Crippen LogP contribution in [0.5, 0.6) is 0 Å². The van der Waals surface area contributed by atoms with Gasteiger partial charge in [-0.15, -0.1) is 6.58 Å². The molecule has 1 aromatic heterocycles. The van der Waals surface area contributed by atoms with Crippen molar-refractivity contribution in [3.8, 4) is 0 Å². The summed E-state index contributed by atoms with van der Waals surface area (Å²) >= 11 is 5.54. The lowest BCUT2D eigenvalue weighted by Crippen LogP contribution is -2.24. The van der Waals surface area contributed by atoms with Gasteiger partial charge in [-0.1, -0.05) is 17.7 Å². The summed E-state index contributed by atoms with van der Waals surface area (Å²) in [7, 11) is 0. The van der Waals surface area contributed by atoms with Crippen LogP contribution >= 0.6 is 11.6 Å². The molecule has 2 amide bonds. The minimum absolute atomic E-state index is 0.00779. The average Bonchev–Trinajstić information content (AvgIpc) is 2.60. The van der Waals surface area contributed by atoms with Crippen LogP contribution in [0.1, 0.15) is 26.4 Å². The SMILES string of the molecule is C=CCNC(=O)c1cc(C(=O)Nc2ccc(Cl)c(C(F)(F)F)c2)ccn1. The molecule has 0 aliphatic heterocycles. The standard InChI is InChI=1S/C17H13ClF3N3O2/c1-2-6-23-16(26)14-8-10(5-7-22-14)15(25)24-11-3-4-13(18)12(9-11)17(19,20)21/h2-5,7-9H,1,6H2,(H,23,26)(H,24,25). The van der Waals surface area contributed by atoms with Crippen molar-refractivity contribution in [2.75, 3.05) is 11.9 Å². The van der Waals surface area contributed by atoms with E-state index in [4.69, 9.17) is 11.6 Å². The Hall–Kier alpha value is -2.87. The third-order valence-electron chi connectivity index (χ3n) is 3.19. The molecule has 1 heterocycles. The number of hydrogen-bond donors (Lipinski definition) is 2. The molecule has 0 radical (unpaired) electrons. The molecule has 136 valence electrons. The number of alkyl halides is 3. The van der Waals surface area contributed by atoms with E-state index < -0.39 is 28.6 Å². The third kappa shape index (κ3) is 4.82. The Morgan fingerprint density at radius 3 is 2.58 bits per heavy atom. The van der Waals surface area contributed by atoms with Crippen molar-refractivity contribution in [2.45, 2.75) is 6.18 Å². The molecule has 0 saturated carbocycles. The number of nitrogens with zero attached hydrogens (tertiary/aromatic N) is 1. The van der Waals surface area contributed by atoms with Crippen molar-refractivity contribution in [1.29, 1.82) is 0 Å². The minimum Gasteiger partial charge on any atom is -0.347 e. The lowest BCUT2D eigenvalue weighted by Gasteiger charge is -2.12. The first-order chi connectivity index (χ1) is 12.2. The van der Waals surface area contributed by atoms with Crippen LogP contribution in [0, 0.1) is 0 Å². The number of rotatable bonds is 5. The zero-order valence-corrected chi connectivity index (χ0v) is 14.0. The summed E-state index contributed by atoms with van der Waals surface area (Å²) in [5.74, 6) is -1.20. The lowest BCUT2D eigenvalue weighted by atomic mass is 10.1. The highest BCUT2D eigenvalue weighted by atomic mass is 35.5. The van der Waals surface area contributed by atoms with Gasteiger partial charge in [0.2, 0.25) is 0 Å². The second kappa shape index (κ2) is 8.01. The molecule has 26 heavy (non-hydrogen) atoms. The molecule has 0 aliphatic carbocycles. The van der Waals surface area contributed by atoms with E-state index in [9.17, 15) is 22.8 Å². The largest absolute Gasteiger partial charge is 0.417 e. The van der Waals surface area contributed by atoms with Crippen molar-refractivity contribution in [3.05, 3.63) is 71.0 Å². The molecular weight excluding hydrogens is 371 g/mol. The monoisotopic (exact) mass is 383 g/mol. The number of anilines is 1. The summed E-state index contributed by atoms with van der Waals surface area (Å²) in [4.78, 5) is 27.9. The first-order valence-corrected chi connectivity index (χ1v) is 7.63. The molecule has 9 heteroatoms. The van der Waals surface area contributed by atoms with Crippen LogP contribution in [0.4, 0.5) is 18.9 Å². The first-order valence-electron chi connectivity index (χ1n) is 7.25. The number of hydrogen-bond acceptors (Lipinski definition) is 3. The lowest BCUT2D eigenvalue weighted by molar-refractivity contribution is -0.137. The number of halogens is 4. The van der Waals surface area contributed by atoms with Crippen LogP contribution in [-0.4, -0.2) is 23.3 Å². The van der Waals surface area contributed by atoms with Gasteiger partial charge >= 0.3 is 6.18 Å². The van der Waals surface area contributed by atoms with Crippen LogP contribution < -0.4 is 10.6 Å². The second-order valence-corrected chi connectivity index (χ2v) is 5.48. The average molecular weight is 384 g/mol. The van der Waals surface area contributed by atoms with Gasteiger partial charge in [-0.25, -0.2) is 0 Å². The Labute approximate surface area is 151 Å². The number of carbonyl (C=O) groups is 2. The van der Waals surface area contributed by atoms with Crippen molar-refractivity contribution in [3.63, 3.8) is 0 Å². The molecule has 0 unspecified atom stereocenters. The topological polar surface area (TPSA) is 71.1 Å². The minimum atomic E-state index is -4.65. The zero-order valence-electron chi connectivity index (χ0n) is 13.2. The fourth-order valence-corrected chi connectivity index (χ4v) is 2.20. The summed E-state index contributed by atoms with van der Waals surface area (Å²) in [5, 5.41) is 4.37. The van der Waals surface area contributed by atoms with Gasteiger partial charge in [0.05, 0.1) is 10.6 Å². The van der Waals surface area contributed by atoms with Crippen LogP contribution in [0.3, 0.4) is 0 Å². The van der Waals surface area contributed by atoms with Gasteiger partial charge in [-0.3, -0.25) is 14.6 Å². The maximum absolute atomic E-state index is 12.9. The van der Waals surface area contributed by atoms with E-state index in [1.165, 1.54) is 30.5 Å². The molecule has 2 rings (SSSR count). The Balaban J connectivity index is 2.20. The predicted octanol–water partition coefficient (Wildman–Crippen LogP) is 3.92. The zero-order chi connectivity index (χ0) is 19.3. The first kappa shape index (κ1) is 19.5. The van der Waals surface area contributed by atoms with E-state index in [2.05, 4.69) is 22.2 Å². The van der Waals surface area contributed by atoms with E-state index in [0.29, 0.717) is 0 Å². The number of benzene rings is 1. The van der Waals surface area contributed by atoms with E-state index in [-0.39, 0.29) is 23.5 Å². The molecule has 2 aromatic rings. The molecule has 1 aromatic carbocycles. The summed E-state index contributed by atoms with van der Waals surface area (Å²) in [5.41, 5.74) is -1.09. The fourth-order valence-electron chi connectivity index (χ4n) is 1.97. The smallest absolute Gasteiger partial charge is 0.347 e. The van der Waals surface area contributed by atoms with Gasteiger partial charge in [0.25, 0.3) is 11.8 Å². The van der Waals surface area contributed by atoms with Crippen LogP contribution in [-0.2, 0) is 6.18 Å². The summed E-state index contributed by atoms with van der Waals surface area (Å²) in [6, 6.07) is 5.59. The highest BCUT2D eigenvalue weighted by Crippen LogP contribution is 2.36. The molecule has 0 saturated heterocycles. The number of aromatic nitrogens is 1. The van der Waals surface area contributed by atoms with Crippen molar-refractivity contribution in [2.24, 2.45) is 0 Å².